The van der Waals surface area contributed by atoms with E-state index in [1.165, 1.54) is 11.9 Å². The minimum atomic E-state index is -4.14. The third kappa shape index (κ3) is 5.26. The largest absolute Gasteiger partial charge is 0.377 e. The summed E-state index contributed by atoms with van der Waals surface area (Å²) in [5.41, 5.74) is -0.294. The summed E-state index contributed by atoms with van der Waals surface area (Å²) >= 11 is 0. The van der Waals surface area contributed by atoms with Crippen LogP contribution >= 0.6 is 10.7 Å². The SMILES string of the molecule is CC(C)OCCN(C)C(=O)c1cc(F)ccc1S(=O)(=O)Cl. The number of halogens is 2. The summed E-state index contributed by atoms with van der Waals surface area (Å²) in [6, 6.07) is 2.77. The van der Waals surface area contributed by atoms with E-state index in [4.69, 9.17) is 15.4 Å². The quantitative estimate of drug-likeness (QED) is 0.747. The van der Waals surface area contributed by atoms with Crippen LogP contribution in [0.5, 0.6) is 0 Å². The van der Waals surface area contributed by atoms with Crippen molar-refractivity contribution < 1.29 is 22.3 Å². The van der Waals surface area contributed by atoms with Crippen LogP contribution < -0.4 is 0 Å². The highest BCUT2D eigenvalue weighted by Crippen LogP contribution is 2.22. The second-order valence-electron chi connectivity index (χ2n) is 4.72. The fourth-order valence-electron chi connectivity index (χ4n) is 1.61. The molecule has 0 heterocycles. The van der Waals surface area contributed by atoms with Gasteiger partial charge in [0.2, 0.25) is 0 Å². The molecule has 5 nitrogen and oxygen atoms in total. The standard InChI is InChI=1S/C13H17ClFNO4S/c1-9(2)20-7-6-16(3)13(17)11-8-10(15)4-5-12(11)21(14,18)19/h4-5,8-9H,6-7H2,1-3H3. The van der Waals surface area contributed by atoms with E-state index in [-0.39, 0.29) is 24.8 Å². The zero-order valence-corrected chi connectivity index (χ0v) is 13.5. The van der Waals surface area contributed by atoms with Crippen LogP contribution in [0.15, 0.2) is 23.1 Å². The van der Waals surface area contributed by atoms with Crippen LogP contribution in [-0.2, 0) is 13.8 Å². The maximum absolute atomic E-state index is 13.3. The second-order valence-corrected chi connectivity index (χ2v) is 7.26. The molecule has 1 rings (SSSR count). The summed E-state index contributed by atoms with van der Waals surface area (Å²) in [5, 5.41) is 0. The van der Waals surface area contributed by atoms with Gasteiger partial charge in [-0.1, -0.05) is 0 Å². The molecule has 118 valence electrons. The van der Waals surface area contributed by atoms with Gasteiger partial charge in [-0.15, -0.1) is 0 Å². The number of nitrogens with zero attached hydrogens (tertiary/aromatic N) is 1. The van der Waals surface area contributed by atoms with Crippen LogP contribution in [-0.4, -0.2) is 45.5 Å². The number of benzene rings is 1. The monoisotopic (exact) mass is 337 g/mol. The Morgan fingerprint density at radius 1 is 1.43 bits per heavy atom. The third-order valence-corrected chi connectivity index (χ3v) is 4.04. The first-order valence-electron chi connectivity index (χ1n) is 6.24. The number of hydrogen-bond donors (Lipinski definition) is 0. The number of carbonyl (C=O) groups is 1. The number of ether oxygens (including phenoxy) is 1. The zero-order valence-electron chi connectivity index (χ0n) is 12.0. The third-order valence-electron chi connectivity index (χ3n) is 2.66. The molecule has 0 N–H and O–H groups in total. The van der Waals surface area contributed by atoms with Crippen LogP contribution in [0.3, 0.4) is 0 Å². The predicted octanol–water partition coefficient (Wildman–Crippen LogP) is 2.25. The van der Waals surface area contributed by atoms with Crippen LogP contribution in [0.4, 0.5) is 4.39 Å². The van der Waals surface area contributed by atoms with Crippen molar-refractivity contribution in [3.8, 4) is 0 Å². The number of amides is 1. The molecule has 1 amide bonds. The van der Waals surface area contributed by atoms with Gasteiger partial charge in [0.15, 0.2) is 0 Å². The summed E-state index contributed by atoms with van der Waals surface area (Å²) < 4.78 is 41.5. The van der Waals surface area contributed by atoms with Gasteiger partial charge in [-0.25, -0.2) is 12.8 Å². The van der Waals surface area contributed by atoms with Gasteiger partial charge >= 0.3 is 0 Å². The lowest BCUT2D eigenvalue weighted by Crippen LogP contribution is -2.31. The lowest BCUT2D eigenvalue weighted by molar-refractivity contribution is 0.0530. The molecule has 0 radical (unpaired) electrons. The molecule has 0 bridgehead atoms. The van der Waals surface area contributed by atoms with Crippen molar-refractivity contribution >= 4 is 25.6 Å². The first kappa shape index (κ1) is 17.9. The maximum atomic E-state index is 13.3. The minimum absolute atomic E-state index is 0.0152. The average molecular weight is 338 g/mol. The Morgan fingerprint density at radius 3 is 2.57 bits per heavy atom. The van der Waals surface area contributed by atoms with Gasteiger partial charge in [-0.2, -0.15) is 0 Å². The highest BCUT2D eigenvalue weighted by atomic mass is 35.7. The van der Waals surface area contributed by atoms with Crippen LogP contribution in [0.25, 0.3) is 0 Å². The van der Waals surface area contributed by atoms with Gasteiger partial charge in [-0.3, -0.25) is 4.79 Å². The lowest BCUT2D eigenvalue weighted by atomic mass is 10.2. The molecule has 0 unspecified atom stereocenters. The molecule has 0 aliphatic carbocycles. The van der Waals surface area contributed by atoms with Gasteiger partial charge < -0.3 is 9.64 Å². The highest BCUT2D eigenvalue weighted by molar-refractivity contribution is 8.13. The molecule has 0 spiro atoms. The molecule has 1 aromatic rings. The topological polar surface area (TPSA) is 63.7 Å². The molecular weight excluding hydrogens is 321 g/mol. The van der Waals surface area contributed by atoms with Gasteiger partial charge in [-0.05, 0) is 32.0 Å². The van der Waals surface area contributed by atoms with Crippen molar-refractivity contribution in [2.24, 2.45) is 0 Å². The van der Waals surface area contributed by atoms with Crippen molar-refractivity contribution in [1.29, 1.82) is 0 Å². The summed E-state index contributed by atoms with van der Waals surface area (Å²) in [4.78, 5) is 13.1. The Hall–Kier alpha value is -1.18. The number of likely N-dealkylation sites (N-methyl/N-ethyl adjacent to an activating group) is 1. The van der Waals surface area contributed by atoms with E-state index in [0.29, 0.717) is 0 Å². The summed E-state index contributed by atoms with van der Waals surface area (Å²) in [6.07, 6.45) is 0.0152. The highest BCUT2D eigenvalue weighted by Gasteiger charge is 2.23. The molecule has 1 aromatic carbocycles. The first-order valence-corrected chi connectivity index (χ1v) is 8.55. The molecule has 0 aliphatic heterocycles. The smallest absolute Gasteiger partial charge is 0.262 e. The molecular formula is C13H17ClFNO4S. The Morgan fingerprint density at radius 2 is 2.05 bits per heavy atom. The van der Waals surface area contributed by atoms with Gasteiger partial charge in [0, 0.05) is 24.3 Å². The first-order chi connectivity index (χ1) is 9.62. The number of hydrogen-bond acceptors (Lipinski definition) is 4. The van der Waals surface area contributed by atoms with E-state index in [2.05, 4.69) is 0 Å². The Kier molecular flexibility index (Phi) is 6.12. The minimum Gasteiger partial charge on any atom is -0.377 e. The molecule has 8 heteroatoms. The normalized spacial score (nSPS) is 11.7. The van der Waals surface area contributed by atoms with Crippen molar-refractivity contribution in [1.82, 2.24) is 4.90 Å². The molecule has 0 aliphatic rings. The van der Waals surface area contributed by atoms with Crippen LogP contribution in [0.2, 0.25) is 0 Å². The van der Waals surface area contributed by atoms with E-state index in [1.54, 1.807) is 0 Å². The Balaban J connectivity index is 2.98. The average Bonchev–Trinajstić information content (AvgIpc) is 2.35. The van der Waals surface area contributed by atoms with Crippen LogP contribution in [0.1, 0.15) is 24.2 Å². The van der Waals surface area contributed by atoms with Crippen molar-refractivity contribution in [2.45, 2.75) is 24.8 Å². The van der Waals surface area contributed by atoms with E-state index in [0.717, 1.165) is 18.2 Å². The fraction of sp³-hybridized carbons (Fsp3) is 0.462. The lowest BCUT2D eigenvalue weighted by Gasteiger charge is -2.19. The molecule has 0 atom stereocenters. The van der Waals surface area contributed by atoms with Crippen LogP contribution in [0, 0.1) is 5.82 Å². The number of carbonyl (C=O) groups excluding carboxylic acids is 1. The van der Waals surface area contributed by atoms with Gasteiger partial charge in [0.1, 0.15) is 5.82 Å². The van der Waals surface area contributed by atoms with Gasteiger partial charge in [0.05, 0.1) is 23.2 Å². The Labute approximate surface area is 128 Å². The second kappa shape index (κ2) is 7.20. The molecule has 0 saturated carbocycles. The van der Waals surface area contributed by atoms with Crippen molar-refractivity contribution in [3.05, 3.63) is 29.6 Å². The molecule has 0 fully saturated rings. The summed E-state index contributed by atoms with van der Waals surface area (Å²) in [5.74, 6) is -1.35. The maximum Gasteiger partial charge on any atom is 0.262 e. The predicted molar refractivity (Wildman–Crippen MR) is 77.5 cm³/mol. The van der Waals surface area contributed by atoms with E-state index >= 15 is 0 Å². The van der Waals surface area contributed by atoms with Crippen molar-refractivity contribution in [2.75, 3.05) is 20.2 Å². The van der Waals surface area contributed by atoms with E-state index in [1.807, 2.05) is 13.8 Å². The van der Waals surface area contributed by atoms with E-state index in [9.17, 15) is 17.6 Å². The van der Waals surface area contributed by atoms with Crippen molar-refractivity contribution in [3.63, 3.8) is 0 Å². The summed E-state index contributed by atoms with van der Waals surface area (Å²) in [6.45, 7) is 4.24. The Bertz CT molecular complexity index is 619. The number of rotatable bonds is 6. The molecule has 0 saturated heterocycles. The fourth-order valence-corrected chi connectivity index (χ4v) is 2.66. The zero-order chi connectivity index (χ0) is 16.2. The molecule has 21 heavy (non-hydrogen) atoms. The van der Waals surface area contributed by atoms with Gasteiger partial charge in [0.25, 0.3) is 15.0 Å². The van der Waals surface area contributed by atoms with E-state index < -0.39 is 25.7 Å². The summed E-state index contributed by atoms with van der Waals surface area (Å²) in [7, 11) is 2.60. The molecule has 0 aromatic heterocycles.